The van der Waals surface area contributed by atoms with Crippen molar-refractivity contribution in [3.05, 3.63) is 28.8 Å². The van der Waals surface area contributed by atoms with E-state index in [9.17, 15) is 4.79 Å². The summed E-state index contributed by atoms with van der Waals surface area (Å²) in [6.07, 6.45) is 7.25. The van der Waals surface area contributed by atoms with Gasteiger partial charge in [0.25, 0.3) is 0 Å². The van der Waals surface area contributed by atoms with Crippen molar-refractivity contribution < 1.29 is 4.79 Å². The lowest BCUT2D eigenvalue weighted by Crippen LogP contribution is -2.33. The van der Waals surface area contributed by atoms with Crippen LogP contribution in [0, 0.1) is 0 Å². The molecule has 0 bridgehead atoms. The van der Waals surface area contributed by atoms with Crippen LogP contribution < -0.4 is 4.90 Å². The molecule has 92 valence electrons. The highest BCUT2D eigenvalue weighted by Gasteiger charge is 2.20. The summed E-state index contributed by atoms with van der Waals surface area (Å²) in [5, 5.41) is 0.618. The smallest absolute Gasteiger partial charge is 0.152 e. The largest absolute Gasteiger partial charge is 0.371 e. The average molecular weight is 252 g/mol. The van der Waals surface area contributed by atoms with E-state index in [0.29, 0.717) is 16.6 Å². The van der Waals surface area contributed by atoms with Crippen molar-refractivity contribution in [1.29, 1.82) is 0 Å². The number of carbonyl (C=O) groups excluding carboxylic acids is 1. The molecule has 17 heavy (non-hydrogen) atoms. The van der Waals surface area contributed by atoms with Gasteiger partial charge in [-0.3, -0.25) is 4.79 Å². The van der Waals surface area contributed by atoms with Crippen molar-refractivity contribution in [2.75, 3.05) is 11.9 Å². The van der Waals surface area contributed by atoms with Crippen molar-refractivity contribution in [2.45, 2.75) is 38.1 Å². The maximum absolute atomic E-state index is 11.1. The summed E-state index contributed by atoms with van der Waals surface area (Å²) in [6.45, 7) is 0. The minimum Gasteiger partial charge on any atom is -0.371 e. The van der Waals surface area contributed by atoms with E-state index in [1.54, 1.807) is 6.07 Å². The van der Waals surface area contributed by atoms with Gasteiger partial charge >= 0.3 is 0 Å². The Bertz CT molecular complexity index is 399. The van der Waals surface area contributed by atoms with E-state index in [-0.39, 0.29) is 0 Å². The molecule has 2 rings (SSSR count). The second kappa shape index (κ2) is 5.54. The summed E-state index contributed by atoms with van der Waals surface area (Å²) >= 11 is 5.91. The summed E-state index contributed by atoms with van der Waals surface area (Å²) in [5.74, 6) is 0. The van der Waals surface area contributed by atoms with Gasteiger partial charge in [0.1, 0.15) is 0 Å². The van der Waals surface area contributed by atoms with Gasteiger partial charge in [-0.2, -0.15) is 0 Å². The summed E-state index contributed by atoms with van der Waals surface area (Å²) in [4.78, 5) is 13.3. The Morgan fingerprint density at radius 3 is 2.65 bits per heavy atom. The first-order valence-electron chi connectivity index (χ1n) is 6.20. The van der Waals surface area contributed by atoms with Crippen LogP contribution in [0.25, 0.3) is 0 Å². The normalized spacial score (nSPS) is 16.8. The summed E-state index contributed by atoms with van der Waals surface area (Å²) in [6, 6.07) is 6.09. The van der Waals surface area contributed by atoms with E-state index in [1.165, 1.54) is 32.1 Å². The Morgan fingerprint density at radius 2 is 2.00 bits per heavy atom. The monoisotopic (exact) mass is 251 g/mol. The van der Waals surface area contributed by atoms with Crippen molar-refractivity contribution in [3.63, 3.8) is 0 Å². The first-order chi connectivity index (χ1) is 8.22. The molecule has 2 nitrogen and oxygen atoms in total. The first-order valence-corrected chi connectivity index (χ1v) is 6.57. The van der Waals surface area contributed by atoms with Gasteiger partial charge < -0.3 is 4.90 Å². The Balaban J connectivity index is 2.22. The molecule has 0 atom stereocenters. The number of benzene rings is 1. The number of hydrogen-bond donors (Lipinski definition) is 0. The molecule has 1 aliphatic carbocycles. The topological polar surface area (TPSA) is 20.3 Å². The molecule has 0 heterocycles. The fraction of sp³-hybridized carbons (Fsp3) is 0.500. The van der Waals surface area contributed by atoms with E-state index >= 15 is 0 Å². The molecule has 0 amide bonds. The standard InChI is InChI=1S/C14H18ClNO/c1-16(13-5-3-2-4-6-13)14-8-7-12(15)9-11(14)10-17/h7-10,13H,2-6H2,1H3. The van der Waals surface area contributed by atoms with E-state index in [0.717, 1.165) is 12.0 Å². The lowest BCUT2D eigenvalue weighted by Gasteiger charge is -2.33. The third-order valence-corrected chi connectivity index (χ3v) is 3.85. The number of anilines is 1. The highest BCUT2D eigenvalue weighted by Crippen LogP contribution is 2.29. The fourth-order valence-electron chi connectivity index (χ4n) is 2.61. The number of halogens is 1. The van der Waals surface area contributed by atoms with Crippen LogP contribution >= 0.6 is 11.6 Å². The molecule has 1 saturated carbocycles. The second-order valence-corrected chi connectivity index (χ2v) is 5.16. The Labute approximate surface area is 108 Å². The zero-order valence-electron chi connectivity index (χ0n) is 10.2. The number of hydrogen-bond acceptors (Lipinski definition) is 2. The molecule has 1 aliphatic rings. The molecule has 0 aromatic heterocycles. The molecular weight excluding hydrogens is 234 g/mol. The van der Waals surface area contributed by atoms with Crippen LogP contribution in [0.1, 0.15) is 42.5 Å². The molecule has 0 radical (unpaired) electrons. The van der Waals surface area contributed by atoms with E-state index in [2.05, 4.69) is 11.9 Å². The lowest BCUT2D eigenvalue weighted by atomic mass is 9.94. The average Bonchev–Trinajstić information content (AvgIpc) is 2.39. The van der Waals surface area contributed by atoms with Crippen LogP contribution in [-0.4, -0.2) is 19.4 Å². The summed E-state index contributed by atoms with van der Waals surface area (Å²) in [5.41, 5.74) is 1.68. The van der Waals surface area contributed by atoms with Gasteiger partial charge in [-0.1, -0.05) is 30.9 Å². The molecule has 1 aromatic carbocycles. The molecular formula is C14H18ClNO. The van der Waals surface area contributed by atoms with Crippen LogP contribution in [0.4, 0.5) is 5.69 Å². The van der Waals surface area contributed by atoms with Crippen molar-refractivity contribution in [2.24, 2.45) is 0 Å². The van der Waals surface area contributed by atoms with E-state index < -0.39 is 0 Å². The maximum Gasteiger partial charge on any atom is 0.152 e. The van der Waals surface area contributed by atoms with Crippen molar-refractivity contribution in [3.8, 4) is 0 Å². The van der Waals surface area contributed by atoms with Gasteiger partial charge in [0.15, 0.2) is 6.29 Å². The van der Waals surface area contributed by atoms with Crippen molar-refractivity contribution >= 4 is 23.6 Å². The number of aldehydes is 1. The number of nitrogens with zero attached hydrogens (tertiary/aromatic N) is 1. The molecule has 0 N–H and O–H groups in total. The Morgan fingerprint density at radius 1 is 1.29 bits per heavy atom. The number of carbonyl (C=O) groups is 1. The zero-order chi connectivity index (χ0) is 12.3. The van der Waals surface area contributed by atoms with Gasteiger partial charge in [0.05, 0.1) is 0 Å². The highest BCUT2D eigenvalue weighted by atomic mass is 35.5. The predicted molar refractivity (Wildman–Crippen MR) is 72.1 cm³/mol. The van der Waals surface area contributed by atoms with Gasteiger partial charge in [0.2, 0.25) is 0 Å². The van der Waals surface area contributed by atoms with Crippen LogP contribution in [-0.2, 0) is 0 Å². The third kappa shape index (κ3) is 2.81. The molecule has 0 unspecified atom stereocenters. The summed E-state index contributed by atoms with van der Waals surface area (Å²) < 4.78 is 0. The van der Waals surface area contributed by atoms with Crippen LogP contribution in [0.3, 0.4) is 0 Å². The van der Waals surface area contributed by atoms with Crippen LogP contribution in [0.2, 0.25) is 5.02 Å². The maximum atomic E-state index is 11.1. The van der Waals surface area contributed by atoms with Crippen LogP contribution in [0.15, 0.2) is 18.2 Å². The minimum absolute atomic E-state index is 0.559. The van der Waals surface area contributed by atoms with Gasteiger partial charge in [-0.25, -0.2) is 0 Å². The van der Waals surface area contributed by atoms with E-state index in [4.69, 9.17) is 11.6 Å². The first kappa shape index (κ1) is 12.4. The van der Waals surface area contributed by atoms with Crippen LogP contribution in [0.5, 0.6) is 0 Å². The number of rotatable bonds is 3. The van der Waals surface area contributed by atoms with Crippen molar-refractivity contribution in [1.82, 2.24) is 0 Å². The quantitative estimate of drug-likeness (QED) is 0.759. The molecule has 1 fully saturated rings. The molecule has 1 aromatic rings. The van der Waals surface area contributed by atoms with Gasteiger partial charge in [-0.05, 0) is 31.0 Å². The zero-order valence-corrected chi connectivity index (χ0v) is 10.9. The second-order valence-electron chi connectivity index (χ2n) is 4.72. The SMILES string of the molecule is CN(c1ccc(Cl)cc1C=O)C1CCCCC1. The Hall–Kier alpha value is -1.02. The molecule has 0 saturated heterocycles. The lowest BCUT2D eigenvalue weighted by molar-refractivity contribution is 0.112. The molecule has 0 spiro atoms. The van der Waals surface area contributed by atoms with Gasteiger partial charge in [-0.15, -0.1) is 0 Å². The third-order valence-electron chi connectivity index (χ3n) is 3.62. The molecule has 3 heteroatoms. The molecule has 0 aliphatic heterocycles. The minimum atomic E-state index is 0.559. The fourth-order valence-corrected chi connectivity index (χ4v) is 2.79. The van der Waals surface area contributed by atoms with E-state index in [1.807, 2.05) is 12.1 Å². The summed E-state index contributed by atoms with van der Waals surface area (Å²) in [7, 11) is 2.08. The van der Waals surface area contributed by atoms with Gasteiger partial charge in [0, 0.05) is 29.4 Å². The predicted octanol–water partition coefficient (Wildman–Crippen LogP) is 3.92. The highest BCUT2D eigenvalue weighted by molar-refractivity contribution is 6.31. The Kier molecular flexibility index (Phi) is 4.06.